The zero-order valence-corrected chi connectivity index (χ0v) is 13.5. The van der Waals surface area contributed by atoms with Crippen LogP contribution in [0.4, 0.5) is 5.69 Å². The Morgan fingerprint density at radius 1 is 1.35 bits per heavy atom. The van der Waals surface area contributed by atoms with Gasteiger partial charge in [-0.05, 0) is 17.9 Å². The van der Waals surface area contributed by atoms with Crippen molar-refractivity contribution in [1.82, 2.24) is 0 Å². The summed E-state index contributed by atoms with van der Waals surface area (Å²) in [7, 11) is 0. The van der Waals surface area contributed by atoms with E-state index in [2.05, 4.69) is 24.9 Å². The van der Waals surface area contributed by atoms with Crippen LogP contribution in [0.25, 0.3) is 0 Å². The van der Waals surface area contributed by atoms with Crippen LogP contribution in [0.15, 0.2) is 29.3 Å². The normalized spacial score (nSPS) is 27.1. The highest BCUT2D eigenvalue weighted by Crippen LogP contribution is 2.42. The standard InChI is InChI=1S/C17H22N4O2/c1-3-5-15-13(4-2)16(14(10-18)17(19)20-15)11-6-8-12(9-7-11)21(22)23/h6-9,13-16H,3-5H2,1-2H3,(H2,19,20). The molecule has 1 aromatic carbocycles. The molecule has 6 nitrogen and oxygen atoms in total. The quantitative estimate of drug-likeness (QED) is 0.664. The monoisotopic (exact) mass is 314 g/mol. The molecular formula is C17H22N4O2. The van der Waals surface area contributed by atoms with Crippen LogP contribution in [0.3, 0.4) is 0 Å². The molecule has 0 saturated carbocycles. The first-order chi connectivity index (χ1) is 11.0. The van der Waals surface area contributed by atoms with Gasteiger partial charge in [0.15, 0.2) is 0 Å². The third-order valence-corrected chi connectivity index (χ3v) is 4.63. The first kappa shape index (κ1) is 16.9. The molecule has 4 unspecified atom stereocenters. The number of nitrogens with zero attached hydrogens (tertiary/aromatic N) is 3. The molecule has 0 aliphatic carbocycles. The molecule has 2 N–H and O–H groups in total. The molecule has 0 amide bonds. The number of non-ortho nitro benzene ring substituents is 1. The molecule has 6 heteroatoms. The summed E-state index contributed by atoms with van der Waals surface area (Å²) in [6.07, 6.45) is 2.82. The van der Waals surface area contributed by atoms with Crippen molar-refractivity contribution in [3.05, 3.63) is 39.9 Å². The lowest BCUT2D eigenvalue weighted by molar-refractivity contribution is -0.384. The fourth-order valence-electron chi connectivity index (χ4n) is 3.54. The maximum absolute atomic E-state index is 10.8. The molecule has 122 valence electrons. The second-order valence-corrected chi connectivity index (χ2v) is 5.96. The summed E-state index contributed by atoms with van der Waals surface area (Å²) in [6, 6.07) is 8.86. The summed E-state index contributed by atoms with van der Waals surface area (Å²) in [6.45, 7) is 4.20. The fraction of sp³-hybridized carbons (Fsp3) is 0.529. The Kier molecular flexibility index (Phi) is 5.32. The maximum atomic E-state index is 10.8. The molecule has 1 heterocycles. The van der Waals surface area contributed by atoms with Gasteiger partial charge in [0.1, 0.15) is 11.8 Å². The van der Waals surface area contributed by atoms with Gasteiger partial charge in [0, 0.05) is 18.1 Å². The number of nitro groups is 1. The highest BCUT2D eigenvalue weighted by atomic mass is 16.6. The van der Waals surface area contributed by atoms with Crippen LogP contribution in [0, 0.1) is 33.3 Å². The van der Waals surface area contributed by atoms with E-state index in [0.717, 1.165) is 24.8 Å². The summed E-state index contributed by atoms with van der Waals surface area (Å²) in [5.74, 6) is 0.0572. The van der Waals surface area contributed by atoms with E-state index in [1.54, 1.807) is 12.1 Å². The fourth-order valence-corrected chi connectivity index (χ4v) is 3.54. The number of amidine groups is 1. The summed E-state index contributed by atoms with van der Waals surface area (Å²) in [4.78, 5) is 15.0. The molecule has 0 spiro atoms. The average molecular weight is 314 g/mol. The molecule has 1 aliphatic heterocycles. The third-order valence-electron chi connectivity index (χ3n) is 4.63. The number of hydrogen-bond acceptors (Lipinski definition) is 5. The van der Waals surface area contributed by atoms with Gasteiger partial charge in [0.05, 0.1) is 17.0 Å². The number of benzene rings is 1. The van der Waals surface area contributed by atoms with E-state index in [0.29, 0.717) is 5.84 Å². The minimum absolute atomic E-state index is 0.0536. The van der Waals surface area contributed by atoms with Crippen molar-refractivity contribution in [2.24, 2.45) is 22.6 Å². The van der Waals surface area contributed by atoms with Crippen LogP contribution >= 0.6 is 0 Å². The van der Waals surface area contributed by atoms with Crippen molar-refractivity contribution in [1.29, 1.82) is 5.26 Å². The van der Waals surface area contributed by atoms with Gasteiger partial charge in [-0.15, -0.1) is 0 Å². The van der Waals surface area contributed by atoms with Crippen molar-refractivity contribution in [2.75, 3.05) is 0 Å². The topological polar surface area (TPSA) is 105 Å². The average Bonchev–Trinajstić information content (AvgIpc) is 2.54. The van der Waals surface area contributed by atoms with E-state index in [-0.39, 0.29) is 23.6 Å². The van der Waals surface area contributed by atoms with E-state index in [1.807, 2.05) is 0 Å². The summed E-state index contributed by atoms with van der Waals surface area (Å²) >= 11 is 0. The lowest BCUT2D eigenvalue weighted by atomic mass is 9.70. The van der Waals surface area contributed by atoms with Crippen molar-refractivity contribution in [2.45, 2.75) is 45.1 Å². The summed E-state index contributed by atoms with van der Waals surface area (Å²) in [5, 5.41) is 20.4. The van der Waals surface area contributed by atoms with Gasteiger partial charge >= 0.3 is 0 Å². The SMILES string of the molecule is CCCC1N=C(N)C(C#N)C(c2ccc([N+](=O)[O-])cc2)C1CC. The largest absolute Gasteiger partial charge is 0.386 e. The second-order valence-electron chi connectivity index (χ2n) is 5.96. The van der Waals surface area contributed by atoms with E-state index in [1.165, 1.54) is 12.1 Å². The molecule has 0 radical (unpaired) electrons. The van der Waals surface area contributed by atoms with Crippen molar-refractivity contribution in [3.8, 4) is 6.07 Å². The van der Waals surface area contributed by atoms with Crippen LogP contribution in [-0.4, -0.2) is 16.8 Å². The van der Waals surface area contributed by atoms with Crippen molar-refractivity contribution < 1.29 is 4.92 Å². The van der Waals surface area contributed by atoms with E-state index in [4.69, 9.17) is 5.73 Å². The number of nitro benzene ring substituents is 1. The van der Waals surface area contributed by atoms with Gasteiger partial charge in [0.25, 0.3) is 5.69 Å². The van der Waals surface area contributed by atoms with Crippen LogP contribution in [0.1, 0.15) is 44.6 Å². The number of hydrogen-bond donors (Lipinski definition) is 1. The van der Waals surface area contributed by atoms with Gasteiger partial charge in [-0.1, -0.05) is 38.8 Å². The molecule has 1 aliphatic rings. The first-order valence-corrected chi connectivity index (χ1v) is 8.00. The minimum Gasteiger partial charge on any atom is -0.386 e. The Hall–Kier alpha value is -2.42. The summed E-state index contributed by atoms with van der Waals surface area (Å²) in [5.41, 5.74) is 7.03. The smallest absolute Gasteiger partial charge is 0.269 e. The minimum atomic E-state index is -0.477. The zero-order valence-electron chi connectivity index (χ0n) is 13.5. The van der Waals surface area contributed by atoms with Gasteiger partial charge in [-0.2, -0.15) is 5.26 Å². The van der Waals surface area contributed by atoms with E-state index < -0.39 is 10.8 Å². The Morgan fingerprint density at radius 3 is 2.48 bits per heavy atom. The number of nitrogens with two attached hydrogens (primary N) is 1. The molecule has 0 aromatic heterocycles. The van der Waals surface area contributed by atoms with E-state index >= 15 is 0 Å². The van der Waals surface area contributed by atoms with Crippen molar-refractivity contribution >= 4 is 11.5 Å². The zero-order chi connectivity index (χ0) is 17.0. The second kappa shape index (κ2) is 7.23. The molecule has 2 rings (SSSR count). The molecule has 0 bridgehead atoms. The maximum Gasteiger partial charge on any atom is 0.269 e. The summed E-state index contributed by atoms with van der Waals surface area (Å²) < 4.78 is 0. The molecule has 23 heavy (non-hydrogen) atoms. The van der Waals surface area contributed by atoms with Gasteiger partial charge in [-0.25, -0.2) is 0 Å². The predicted molar refractivity (Wildman–Crippen MR) is 89.0 cm³/mol. The molecule has 4 atom stereocenters. The first-order valence-electron chi connectivity index (χ1n) is 8.00. The Bertz CT molecular complexity index is 633. The Morgan fingerprint density at radius 2 is 2.00 bits per heavy atom. The third kappa shape index (κ3) is 3.34. The molecule has 1 aromatic rings. The Labute approximate surface area is 136 Å². The number of nitriles is 1. The molecule has 0 saturated heterocycles. The van der Waals surface area contributed by atoms with Crippen LogP contribution in [-0.2, 0) is 0 Å². The van der Waals surface area contributed by atoms with Gasteiger partial charge in [0.2, 0.25) is 0 Å². The Balaban J connectivity index is 2.44. The van der Waals surface area contributed by atoms with Crippen molar-refractivity contribution in [3.63, 3.8) is 0 Å². The van der Waals surface area contributed by atoms with E-state index in [9.17, 15) is 15.4 Å². The van der Waals surface area contributed by atoms with Crippen LogP contribution in [0.2, 0.25) is 0 Å². The van der Waals surface area contributed by atoms with Crippen LogP contribution < -0.4 is 5.73 Å². The number of aliphatic imine (C=N–C) groups is 1. The van der Waals surface area contributed by atoms with Gasteiger partial charge in [-0.3, -0.25) is 15.1 Å². The highest BCUT2D eigenvalue weighted by molar-refractivity contribution is 5.87. The van der Waals surface area contributed by atoms with Gasteiger partial charge < -0.3 is 5.73 Å². The predicted octanol–water partition coefficient (Wildman–Crippen LogP) is 3.38. The van der Waals surface area contributed by atoms with Crippen LogP contribution in [0.5, 0.6) is 0 Å². The lowest BCUT2D eigenvalue weighted by Crippen LogP contribution is -2.42. The lowest BCUT2D eigenvalue weighted by Gasteiger charge is -2.38. The molecule has 0 fully saturated rings. The number of rotatable bonds is 5. The molecular weight excluding hydrogens is 292 g/mol. The highest BCUT2D eigenvalue weighted by Gasteiger charge is 2.40.